The molecule has 0 bridgehead atoms. The number of nitrogens with one attached hydrogen (secondary N) is 3. The summed E-state index contributed by atoms with van der Waals surface area (Å²) in [5.41, 5.74) is -2.64. The van der Waals surface area contributed by atoms with Gasteiger partial charge >= 0.3 is 6.09 Å². The van der Waals surface area contributed by atoms with Gasteiger partial charge in [0.15, 0.2) is 0 Å². The van der Waals surface area contributed by atoms with Gasteiger partial charge in [-0.1, -0.05) is 25.0 Å². The molecule has 0 radical (unpaired) electrons. The molecule has 44 heavy (non-hydrogen) atoms. The number of sulfonamides is 1. The fraction of sp³-hybridized carbons (Fsp3) is 0.586. The Hall–Kier alpha value is -4.01. The van der Waals surface area contributed by atoms with Gasteiger partial charge in [-0.2, -0.15) is 0 Å². The summed E-state index contributed by atoms with van der Waals surface area (Å²) in [6, 6.07) is 2.25. The van der Waals surface area contributed by atoms with E-state index < -0.39 is 67.9 Å². The third-order valence-electron chi connectivity index (χ3n) is 7.91. The number of non-ortho nitro benzene ring substituents is 1. The molecule has 2 aliphatic heterocycles. The molecule has 14 nitrogen and oxygen atoms in total. The van der Waals surface area contributed by atoms with Crippen LogP contribution < -0.4 is 15.4 Å². The topological polar surface area (TPSA) is 194 Å². The number of ether oxygens (including phenoxy) is 1. The number of fused-ring (bicyclic) bond motifs is 2. The fourth-order valence-electron chi connectivity index (χ4n) is 5.56. The van der Waals surface area contributed by atoms with E-state index in [0.717, 1.165) is 37.1 Å². The van der Waals surface area contributed by atoms with Crippen LogP contribution in [0.4, 0.5) is 10.5 Å². The molecule has 2 heterocycles. The molecule has 4 amide bonds. The fourth-order valence-corrected chi connectivity index (χ4v) is 6.60. The zero-order valence-corrected chi connectivity index (χ0v) is 25.9. The quantitative estimate of drug-likeness (QED) is 0.248. The molecule has 1 aromatic carbocycles. The normalized spacial score (nSPS) is 26.2. The predicted molar refractivity (Wildman–Crippen MR) is 158 cm³/mol. The molecule has 0 aromatic heterocycles. The minimum atomic E-state index is -4.42. The van der Waals surface area contributed by atoms with Crippen molar-refractivity contribution in [2.45, 2.75) is 100 Å². The Morgan fingerprint density at radius 2 is 1.80 bits per heavy atom. The summed E-state index contributed by atoms with van der Waals surface area (Å²) in [5.74, 6) is -2.44. The molecule has 15 heteroatoms. The summed E-state index contributed by atoms with van der Waals surface area (Å²) in [7, 11) is -4.42. The SMILES string of the molecule is CC(C)(C)OC(=O)N[C@H]1CCCCCC=C[C@@H]2C[C@@]2(C(=O)NS(=O)(=O)c2ccc([N+](=O)[O-])cc2)NC(=O)[C@@H]2CCCN2C1=O. The maximum atomic E-state index is 13.7. The van der Waals surface area contributed by atoms with Crippen LogP contribution in [0.5, 0.6) is 0 Å². The lowest BCUT2D eigenvalue weighted by Gasteiger charge is -2.30. The van der Waals surface area contributed by atoms with E-state index in [1.807, 2.05) is 10.8 Å². The number of alkyl carbamates (subject to hydrolysis) is 1. The molecule has 1 aromatic rings. The highest BCUT2D eigenvalue weighted by Gasteiger charge is 2.61. The number of nitrogens with zero attached hydrogens (tertiary/aromatic N) is 2. The van der Waals surface area contributed by atoms with Crippen molar-refractivity contribution in [2.24, 2.45) is 5.92 Å². The van der Waals surface area contributed by atoms with Gasteiger partial charge in [0.2, 0.25) is 11.8 Å². The largest absolute Gasteiger partial charge is 0.444 e. The summed E-state index contributed by atoms with van der Waals surface area (Å²) in [6.07, 6.45) is 7.19. The van der Waals surface area contributed by atoms with E-state index in [2.05, 4.69) is 10.6 Å². The van der Waals surface area contributed by atoms with Gasteiger partial charge in [-0.15, -0.1) is 0 Å². The molecule has 4 rings (SSSR count). The summed E-state index contributed by atoms with van der Waals surface area (Å²) in [4.78, 5) is 64.8. The van der Waals surface area contributed by atoms with Gasteiger partial charge in [0.1, 0.15) is 23.2 Å². The van der Waals surface area contributed by atoms with Crippen molar-refractivity contribution in [3.05, 3.63) is 46.5 Å². The number of allylic oxidation sites excluding steroid dienone is 1. The number of hydrogen-bond donors (Lipinski definition) is 3. The zero-order chi connectivity index (χ0) is 32.3. The molecule has 4 atom stereocenters. The lowest BCUT2D eigenvalue weighted by molar-refractivity contribution is -0.384. The number of nitro groups is 1. The number of carbonyl (C=O) groups excluding carboxylic acids is 4. The van der Waals surface area contributed by atoms with Crippen molar-refractivity contribution in [2.75, 3.05) is 6.54 Å². The Morgan fingerprint density at radius 3 is 2.45 bits per heavy atom. The summed E-state index contributed by atoms with van der Waals surface area (Å²) < 4.78 is 33.4. The zero-order valence-electron chi connectivity index (χ0n) is 25.0. The standard InChI is InChI=1S/C29H39N5O9S/c1-28(2,3)43-27(38)30-22-11-8-6-4-5-7-10-19-18-29(19,31-24(35)23-12-9-17-33(23)25(22)36)26(37)32-44(41,42)21-15-13-20(14-16-21)34(39)40/h7,10,13-16,19,22-23H,4-6,8-9,11-12,17-18H2,1-3H3,(H,30,38)(H,31,35)(H,32,37)/t19-,22+,23+,29-/m1/s1. The van der Waals surface area contributed by atoms with Gasteiger partial charge in [-0.05, 0) is 71.4 Å². The summed E-state index contributed by atoms with van der Waals surface area (Å²) in [5, 5.41) is 16.4. The van der Waals surface area contributed by atoms with Gasteiger partial charge in [0.05, 0.1) is 9.82 Å². The number of hydrogen-bond acceptors (Lipinski definition) is 9. The molecule has 3 aliphatic rings. The Kier molecular flexibility index (Phi) is 9.66. The van der Waals surface area contributed by atoms with Crippen LogP contribution in [-0.2, 0) is 29.1 Å². The van der Waals surface area contributed by atoms with Crippen LogP contribution in [0, 0.1) is 16.0 Å². The van der Waals surface area contributed by atoms with Crippen LogP contribution in [0.25, 0.3) is 0 Å². The first-order valence-electron chi connectivity index (χ1n) is 14.7. The van der Waals surface area contributed by atoms with Gasteiger partial charge in [-0.25, -0.2) is 17.9 Å². The Morgan fingerprint density at radius 1 is 1.09 bits per heavy atom. The second kappa shape index (κ2) is 12.9. The van der Waals surface area contributed by atoms with Gasteiger partial charge in [-0.3, -0.25) is 24.5 Å². The molecular formula is C29H39N5O9S. The van der Waals surface area contributed by atoms with Crippen molar-refractivity contribution in [1.82, 2.24) is 20.3 Å². The Balaban J connectivity index is 1.56. The van der Waals surface area contributed by atoms with Crippen molar-refractivity contribution < 1.29 is 37.3 Å². The molecule has 0 unspecified atom stereocenters. The summed E-state index contributed by atoms with van der Waals surface area (Å²) in [6.45, 7) is 5.43. The van der Waals surface area contributed by atoms with E-state index in [0.29, 0.717) is 32.1 Å². The van der Waals surface area contributed by atoms with Crippen LogP contribution >= 0.6 is 0 Å². The second-order valence-electron chi connectivity index (χ2n) is 12.4. The van der Waals surface area contributed by atoms with E-state index in [1.165, 1.54) is 4.90 Å². The van der Waals surface area contributed by atoms with Crippen LogP contribution in [0.1, 0.15) is 72.1 Å². The van der Waals surface area contributed by atoms with Crippen LogP contribution in [0.15, 0.2) is 41.3 Å². The van der Waals surface area contributed by atoms with E-state index in [-0.39, 0.29) is 23.5 Å². The van der Waals surface area contributed by atoms with Crippen molar-refractivity contribution >= 4 is 39.5 Å². The first-order chi connectivity index (χ1) is 20.6. The first-order valence-corrected chi connectivity index (χ1v) is 16.2. The van der Waals surface area contributed by atoms with Crippen LogP contribution in [0.2, 0.25) is 0 Å². The molecular weight excluding hydrogens is 594 g/mol. The van der Waals surface area contributed by atoms with E-state index in [9.17, 15) is 37.7 Å². The monoisotopic (exact) mass is 633 g/mol. The number of amides is 4. The number of carbonyl (C=O) groups is 4. The van der Waals surface area contributed by atoms with Crippen molar-refractivity contribution in [3.63, 3.8) is 0 Å². The van der Waals surface area contributed by atoms with E-state index >= 15 is 0 Å². The molecule has 2 fully saturated rings. The van der Waals surface area contributed by atoms with Gasteiger partial charge < -0.3 is 20.3 Å². The Bertz CT molecular complexity index is 1440. The van der Waals surface area contributed by atoms with Crippen molar-refractivity contribution in [1.29, 1.82) is 0 Å². The lowest BCUT2D eigenvalue weighted by Crippen LogP contribution is -2.58. The number of benzene rings is 1. The highest BCUT2D eigenvalue weighted by atomic mass is 32.2. The smallest absolute Gasteiger partial charge is 0.408 e. The molecule has 240 valence electrons. The van der Waals surface area contributed by atoms with Crippen LogP contribution in [0.3, 0.4) is 0 Å². The molecule has 1 saturated carbocycles. The molecule has 1 aliphatic carbocycles. The highest BCUT2D eigenvalue weighted by Crippen LogP contribution is 2.45. The number of rotatable bonds is 5. The third kappa shape index (κ3) is 7.73. The lowest BCUT2D eigenvalue weighted by atomic mass is 10.0. The van der Waals surface area contributed by atoms with Gasteiger partial charge in [0, 0.05) is 24.6 Å². The Labute approximate surface area is 256 Å². The summed E-state index contributed by atoms with van der Waals surface area (Å²) >= 11 is 0. The number of nitro benzene ring substituents is 1. The average Bonchev–Trinajstić information content (AvgIpc) is 3.40. The predicted octanol–water partition coefficient (Wildman–Crippen LogP) is 2.68. The van der Waals surface area contributed by atoms with E-state index in [4.69, 9.17) is 4.74 Å². The minimum absolute atomic E-state index is 0.153. The van der Waals surface area contributed by atoms with Crippen molar-refractivity contribution in [3.8, 4) is 0 Å². The molecule has 0 spiro atoms. The van der Waals surface area contributed by atoms with Crippen LogP contribution in [-0.4, -0.2) is 71.8 Å². The average molecular weight is 634 g/mol. The molecule has 1 saturated heterocycles. The molecule has 3 N–H and O–H groups in total. The highest BCUT2D eigenvalue weighted by molar-refractivity contribution is 7.90. The minimum Gasteiger partial charge on any atom is -0.444 e. The first kappa shape index (κ1) is 32.9. The second-order valence-corrected chi connectivity index (χ2v) is 14.1. The maximum Gasteiger partial charge on any atom is 0.408 e. The maximum absolute atomic E-state index is 13.7. The van der Waals surface area contributed by atoms with Gasteiger partial charge in [0.25, 0.3) is 21.6 Å². The third-order valence-corrected chi connectivity index (χ3v) is 9.26. The van der Waals surface area contributed by atoms with E-state index in [1.54, 1.807) is 26.8 Å².